The van der Waals surface area contributed by atoms with E-state index in [4.69, 9.17) is 4.74 Å². The van der Waals surface area contributed by atoms with Gasteiger partial charge >= 0.3 is 5.97 Å². The number of amides is 1. The van der Waals surface area contributed by atoms with Crippen molar-refractivity contribution in [1.29, 1.82) is 0 Å². The maximum Gasteiger partial charge on any atom is 0.348 e. The maximum absolute atomic E-state index is 12.9. The molecule has 0 radical (unpaired) electrons. The summed E-state index contributed by atoms with van der Waals surface area (Å²) in [7, 11) is 0. The molecule has 140 valence electrons. The van der Waals surface area contributed by atoms with E-state index in [-0.39, 0.29) is 18.9 Å². The molecule has 9 heteroatoms. The number of esters is 1. The molecule has 0 spiro atoms. The maximum atomic E-state index is 12.9. The Morgan fingerprint density at radius 1 is 1.30 bits per heavy atom. The Morgan fingerprint density at radius 2 is 2.00 bits per heavy atom. The molecule has 0 unspecified atom stereocenters. The number of hydrogen-bond donors (Lipinski definition) is 2. The Bertz CT molecular complexity index is 1070. The molecule has 27 heavy (non-hydrogen) atoms. The minimum Gasteiger partial charge on any atom is -0.462 e. The Hall–Kier alpha value is -3.07. The predicted molar refractivity (Wildman–Crippen MR) is 99.7 cm³/mol. The molecule has 2 N–H and O–H groups in total. The van der Waals surface area contributed by atoms with E-state index in [9.17, 15) is 18.8 Å². The van der Waals surface area contributed by atoms with Crippen molar-refractivity contribution in [3.63, 3.8) is 0 Å². The van der Waals surface area contributed by atoms with Gasteiger partial charge in [-0.05, 0) is 43.7 Å². The van der Waals surface area contributed by atoms with E-state index in [1.807, 2.05) is 0 Å². The SMILES string of the molecule is CCOC(=O)c1sc2nc(CC(=O)Nc3ccc(F)cc3)[nH]c(=O)c2c1C. The lowest BCUT2D eigenvalue weighted by Gasteiger charge is -2.05. The molecule has 0 saturated heterocycles. The molecule has 0 aliphatic rings. The van der Waals surface area contributed by atoms with Crippen LogP contribution in [0.25, 0.3) is 10.2 Å². The number of thiophene rings is 1. The molecule has 3 rings (SSSR count). The summed E-state index contributed by atoms with van der Waals surface area (Å²) in [4.78, 5) is 44.1. The lowest BCUT2D eigenvalue weighted by atomic mass is 10.2. The Labute approximate surface area is 157 Å². The second kappa shape index (κ2) is 7.67. The van der Waals surface area contributed by atoms with Crippen LogP contribution < -0.4 is 10.9 Å². The first-order chi connectivity index (χ1) is 12.9. The highest BCUT2D eigenvalue weighted by molar-refractivity contribution is 7.20. The second-order valence-electron chi connectivity index (χ2n) is 5.70. The third-order valence-electron chi connectivity index (χ3n) is 3.77. The van der Waals surface area contributed by atoms with Crippen molar-refractivity contribution in [2.24, 2.45) is 0 Å². The summed E-state index contributed by atoms with van der Waals surface area (Å²) in [5.74, 6) is -1.16. The molecule has 2 heterocycles. The Kier molecular flexibility index (Phi) is 5.31. The molecule has 7 nitrogen and oxygen atoms in total. The highest BCUT2D eigenvalue weighted by Gasteiger charge is 2.20. The van der Waals surface area contributed by atoms with Crippen LogP contribution in [0.4, 0.5) is 10.1 Å². The molecule has 1 aromatic carbocycles. The minimum atomic E-state index is -0.506. The fourth-order valence-corrected chi connectivity index (χ4v) is 3.65. The van der Waals surface area contributed by atoms with Gasteiger partial charge in [0, 0.05) is 5.69 Å². The number of fused-ring (bicyclic) bond motifs is 1. The standard InChI is InChI=1S/C18H16FN3O4S/c1-3-26-18(25)15-9(2)14-16(24)21-12(22-17(14)27-15)8-13(23)20-11-6-4-10(19)5-7-11/h4-7H,3,8H2,1-2H3,(H,20,23)(H,21,22,24). The summed E-state index contributed by atoms with van der Waals surface area (Å²) in [6.45, 7) is 3.58. The predicted octanol–water partition coefficient (Wildman–Crippen LogP) is 2.79. The molecular formula is C18H16FN3O4S. The fraction of sp³-hybridized carbons (Fsp3) is 0.222. The number of ether oxygens (including phenoxy) is 1. The van der Waals surface area contributed by atoms with Crippen molar-refractivity contribution >= 4 is 39.1 Å². The van der Waals surface area contributed by atoms with Gasteiger partial charge in [0.2, 0.25) is 5.91 Å². The molecule has 0 bridgehead atoms. The van der Waals surface area contributed by atoms with E-state index in [1.165, 1.54) is 24.3 Å². The summed E-state index contributed by atoms with van der Waals surface area (Å²) in [5.41, 5.74) is 0.514. The zero-order valence-electron chi connectivity index (χ0n) is 14.6. The van der Waals surface area contributed by atoms with Gasteiger partial charge in [0.15, 0.2) is 0 Å². The van der Waals surface area contributed by atoms with E-state index >= 15 is 0 Å². The molecule has 3 aromatic rings. The molecule has 1 amide bonds. The average Bonchev–Trinajstić information content (AvgIpc) is 2.94. The summed E-state index contributed by atoms with van der Waals surface area (Å²) in [6.07, 6.45) is -0.172. The molecular weight excluding hydrogens is 373 g/mol. The van der Waals surface area contributed by atoms with Crippen LogP contribution in [0.2, 0.25) is 0 Å². The van der Waals surface area contributed by atoms with Crippen molar-refractivity contribution in [3.8, 4) is 0 Å². The number of hydrogen-bond acceptors (Lipinski definition) is 6. The van der Waals surface area contributed by atoms with Crippen molar-refractivity contribution in [2.45, 2.75) is 20.3 Å². The topological polar surface area (TPSA) is 101 Å². The average molecular weight is 389 g/mol. The highest BCUT2D eigenvalue weighted by Crippen LogP contribution is 2.27. The van der Waals surface area contributed by atoms with Crippen LogP contribution in [-0.4, -0.2) is 28.5 Å². The zero-order chi connectivity index (χ0) is 19.6. The first-order valence-corrected chi connectivity index (χ1v) is 8.95. The Balaban J connectivity index is 1.85. The van der Waals surface area contributed by atoms with Crippen molar-refractivity contribution in [3.05, 3.63) is 56.7 Å². The monoisotopic (exact) mass is 389 g/mol. The van der Waals surface area contributed by atoms with Gasteiger partial charge in [-0.25, -0.2) is 14.2 Å². The van der Waals surface area contributed by atoms with Crippen LogP contribution >= 0.6 is 11.3 Å². The third-order valence-corrected chi connectivity index (χ3v) is 4.93. The van der Waals surface area contributed by atoms with E-state index in [0.717, 1.165) is 11.3 Å². The van der Waals surface area contributed by atoms with Crippen molar-refractivity contribution in [1.82, 2.24) is 9.97 Å². The number of halogens is 1. The summed E-state index contributed by atoms with van der Waals surface area (Å²) in [5, 5.41) is 2.91. The number of nitrogens with one attached hydrogen (secondary N) is 2. The largest absolute Gasteiger partial charge is 0.462 e. The fourth-order valence-electron chi connectivity index (χ4n) is 2.55. The van der Waals surface area contributed by atoms with E-state index in [0.29, 0.717) is 26.3 Å². The van der Waals surface area contributed by atoms with Crippen molar-refractivity contribution < 1.29 is 18.7 Å². The summed E-state index contributed by atoms with van der Waals surface area (Å²) >= 11 is 1.05. The van der Waals surface area contributed by atoms with Crippen molar-refractivity contribution in [2.75, 3.05) is 11.9 Å². The number of nitrogens with zero attached hydrogens (tertiary/aromatic N) is 1. The number of rotatable bonds is 5. The van der Waals surface area contributed by atoms with Gasteiger partial charge in [-0.2, -0.15) is 0 Å². The highest BCUT2D eigenvalue weighted by atomic mass is 32.1. The van der Waals surface area contributed by atoms with Gasteiger partial charge in [-0.15, -0.1) is 11.3 Å². The van der Waals surface area contributed by atoms with Crippen LogP contribution in [-0.2, 0) is 16.0 Å². The Morgan fingerprint density at radius 3 is 2.67 bits per heavy atom. The number of aryl methyl sites for hydroxylation is 1. The number of benzene rings is 1. The number of anilines is 1. The van der Waals surface area contributed by atoms with Crippen LogP contribution in [0.3, 0.4) is 0 Å². The van der Waals surface area contributed by atoms with Gasteiger partial charge in [-0.1, -0.05) is 0 Å². The molecule has 0 atom stereocenters. The summed E-state index contributed by atoms with van der Waals surface area (Å²) in [6, 6.07) is 5.32. The number of carbonyl (C=O) groups is 2. The van der Waals surface area contributed by atoms with Gasteiger partial charge in [0.25, 0.3) is 5.56 Å². The third kappa shape index (κ3) is 4.03. The van der Waals surface area contributed by atoms with Gasteiger partial charge < -0.3 is 15.0 Å². The van der Waals surface area contributed by atoms with Gasteiger partial charge in [0.1, 0.15) is 21.3 Å². The van der Waals surface area contributed by atoms with Crippen LogP contribution in [0, 0.1) is 12.7 Å². The molecule has 0 aliphatic heterocycles. The number of aromatic amines is 1. The first kappa shape index (κ1) is 18.7. The van der Waals surface area contributed by atoms with Gasteiger partial charge in [-0.3, -0.25) is 9.59 Å². The molecule has 0 saturated carbocycles. The first-order valence-electron chi connectivity index (χ1n) is 8.14. The minimum absolute atomic E-state index is 0.170. The number of aromatic nitrogens is 2. The van der Waals surface area contributed by atoms with E-state index < -0.39 is 23.3 Å². The van der Waals surface area contributed by atoms with Crippen LogP contribution in [0.5, 0.6) is 0 Å². The number of H-pyrrole nitrogens is 1. The quantitative estimate of drug-likeness (QED) is 0.654. The molecule has 2 aromatic heterocycles. The second-order valence-corrected chi connectivity index (χ2v) is 6.70. The summed E-state index contributed by atoms with van der Waals surface area (Å²) < 4.78 is 17.9. The van der Waals surface area contributed by atoms with Gasteiger partial charge in [0.05, 0.1) is 18.4 Å². The number of carbonyl (C=O) groups excluding carboxylic acids is 2. The lowest BCUT2D eigenvalue weighted by Crippen LogP contribution is -2.19. The molecule has 0 fully saturated rings. The smallest absolute Gasteiger partial charge is 0.348 e. The molecule has 0 aliphatic carbocycles. The van der Waals surface area contributed by atoms with Crippen LogP contribution in [0.1, 0.15) is 28.0 Å². The van der Waals surface area contributed by atoms with E-state index in [2.05, 4.69) is 15.3 Å². The zero-order valence-corrected chi connectivity index (χ0v) is 15.4. The lowest BCUT2D eigenvalue weighted by molar-refractivity contribution is -0.115. The van der Waals surface area contributed by atoms with Crippen LogP contribution in [0.15, 0.2) is 29.1 Å². The van der Waals surface area contributed by atoms with E-state index in [1.54, 1.807) is 13.8 Å². The normalized spacial score (nSPS) is 10.8.